The lowest BCUT2D eigenvalue weighted by atomic mass is 10.1. The van der Waals surface area contributed by atoms with Crippen LogP contribution in [0.4, 0.5) is 14.9 Å². The highest BCUT2D eigenvalue weighted by Crippen LogP contribution is 2.24. The third kappa shape index (κ3) is 3.37. The van der Waals surface area contributed by atoms with E-state index in [4.69, 9.17) is 4.74 Å². The Balaban J connectivity index is 2.10. The van der Waals surface area contributed by atoms with E-state index < -0.39 is 5.82 Å². The van der Waals surface area contributed by atoms with Gasteiger partial charge in [-0.1, -0.05) is 0 Å². The topological polar surface area (TPSA) is 49.9 Å². The van der Waals surface area contributed by atoms with Crippen molar-refractivity contribution in [3.63, 3.8) is 0 Å². The van der Waals surface area contributed by atoms with Crippen molar-refractivity contribution in [1.29, 1.82) is 0 Å². The van der Waals surface area contributed by atoms with Crippen LogP contribution < -0.4 is 4.90 Å². The molecular weight excluding hydrogens is 287 g/mol. The number of ether oxygens (including phenoxy) is 1. The summed E-state index contributed by atoms with van der Waals surface area (Å²) in [7, 11) is 0. The Bertz CT molecular complexity index is 577. The molecule has 2 rings (SSSR count). The maximum atomic E-state index is 14.2. The van der Waals surface area contributed by atoms with Crippen LogP contribution in [0, 0.1) is 5.82 Å². The van der Waals surface area contributed by atoms with Crippen LogP contribution in [0.1, 0.15) is 31.1 Å². The largest absolute Gasteiger partial charge is 0.450 e. The number of hydrogen-bond donors (Lipinski definition) is 0. The third-order valence-electron chi connectivity index (χ3n) is 3.82. The van der Waals surface area contributed by atoms with Crippen LogP contribution in [0.5, 0.6) is 0 Å². The first-order valence-electron chi connectivity index (χ1n) is 7.42. The maximum absolute atomic E-state index is 14.2. The number of carbonyl (C=O) groups is 2. The van der Waals surface area contributed by atoms with E-state index in [1.54, 1.807) is 24.0 Å². The minimum atomic E-state index is -0.413. The number of benzene rings is 1. The summed E-state index contributed by atoms with van der Waals surface area (Å²) >= 11 is 0. The van der Waals surface area contributed by atoms with Gasteiger partial charge in [0.2, 0.25) is 0 Å². The lowest BCUT2D eigenvalue weighted by molar-refractivity contribution is 0.0890. The molecular formula is C16H21FN2O3. The summed E-state index contributed by atoms with van der Waals surface area (Å²) in [6.45, 7) is 6.96. The first-order chi connectivity index (χ1) is 10.4. The second-order valence-corrected chi connectivity index (χ2v) is 5.41. The van der Waals surface area contributed by atoms with Crippen LogP contribution in [-0.2, 0) is 4.74 Å². The molecule has 6 heteroatoms. The van der Waals surface area contributed by atoms with Crippen molar-refractivity contribution in [2.75, 3.05) is 31.1 Å². The predicted octanol–water partition coefficient (Wildman–Crippen LogP) is 2.70. The number of amides is 1. The molecule has 0 bridgehead atoms. The maximum Gasteiger partial charge on any atom is 0.410 e. The summed E-state index contributed by atoms with van der Waals surface area (Å²) in [5, 5.41) is 0. The standard InChI is InChI=1S/C16H21FN2O3/c1-4-22-16(21)19-8-7-18(10-11(19)2)15-6-5-13(12(3)20)9-14(15)17/h5-6,9,11H,4,7-8,10H2,1-3H3/t11-/m0/s1. The fraction of sp³-hybridized carbons (Fsp3) is 0.500. The smallest absolute Gasteiger partial charge is 0.410 e. The number of halogens is 1. The number of ketones is 1. The summed E-state index contributed by atoms with van der Waals surface area (Å²) in [6, 6.07) is 4.45. The molecule has 0 spiro atoms. The van der Waals surface area contributed by atoms with E-state index in [1.807, 2.05) is 11.8 Å². The molecule has 1 saturated heterocycles. The van der Waals surface area contributed by atoms with Gasteiger partial charge in [-0.15, -0.1) is 0 Å². The van der Waals surface area contributed by atoms with Crippen LogP contribution in [-0.4, -0.2) is 49.1 Å². The van der Waals surface area contributed by atoms with Gasteiger partial charge in [0.15, 0.2) is 5.78 Å². The molecule has 0 aromatic heterocycles. The minimum Gasteiger partial charge on any atom is -0.450 e. The Labute approximate surface area is 129 Å². The highest BCUT2D eigenvalue weighted by atomic mass is 19.1. The first kappa shape index (κ1) is 16.3. The van der Waals surface area contributed by atoms with E-state index in [-0.39, 0.29) is 17.9 Å². The van der Waals surface area contributed by atoms with Gasteiger partial charge in [0.25, 0.3) is 0 Å². The second-order valence-electron chi connectivity index (χ2n) is 5.41. The van der Waals surface area contributed by atoms with Crippen molar-refractivity contribution in [3.05, 3.63) is 29.6 Å². The van der Waals surface area contributed by atoms with Gasteiger partial charge in [0, 0.05) is 31.2 Å². The molecule has 1 fully saturated rings. The predicted molar refractivity (Wildman–Crippen MR) is 81.8 cm³/mol. The van der Waals surface area contributed by atoms with Gasteiger partial charge in [-0.2, -0.15) is 0 Å². The molecule has 120 valence electrons. The van der Waals surface area contributed by atoms with E-state index in [0.717, 1.165) is 0 Å². The van der Waals surface area contributed by atoms with E-state index in [1.165, 1.54) is 13.0 Å². The fourth-order valence-corrected chi connectivity index (χ4v) is 2.64. The summed E-state index contributed by atoms with van der Waals surface area (Å²) in [6.07, 6.45) is -0.331. The number of carbonyl (C=O) groups excluding carboxylic acids is 2. The number of nitrogens with zero attached hydrogens (tertiary/aromatic N) is 2. The van der Waals surface area contributed by atoms with Crippen LogP contribution in [0.25, 0.3) is 0 Å². The SMILES string of the molecule is CCOC(=O)N1CCN(c2ccc(C(C)=O)cc2F)C[C@@H]1C. The number of anilines is 1. The summed E-state index contributed by atoms with van der Waals surface area (Å²) in [4.78, 5) is 26.6. The molecule has 1 aliphatic rings. The molecule has 0 N–H and O–H groups in total. The first-order valence-corrected chi connectivity index (χ1v) is 7.42. The van der Waals surface area contributed by atoms with Gasteiger partial charge in [-0.25, -0.2) is 9.18 Å². The van der Waals surface area contributed by atoms with Crippen LogP contribution in [0.2, 0.25) is 0 Å². The summed E-state index contributed by atoms with van der Waals surface area (Å²) < 4.78 is 19.2. The summed E-state index contributed by atoms with van der Waals surface area (Å²) in [5.74, 6) is -0.574. The lowest BCUT2D eigenvalue weighted by Gasteiger charge is -2.40. The molecule has 1 aromatic carbocycles. The molecule has 1 aliphatic heterocycles. The average molecular weight is 308 g/mol. The molecule has 1 heterocycles. The van der Waals surface area contributed by atoms with Gasteiger partial charge in [0.1, 0.15) is 5.82 Å². The fourth-order valence-electron chi connectivity index (χ4n) is 2.64. The van der Waals surface area contributed by atoms with Crippen molar-refractivity contribution in [1.82, 2.24) is 4.90 Å². The highest BCUT2D eigenvalue weighted by molar-refractivity contribution is 5.94. The van der Waals surface area contributed by atoms with Gasteiger partial charge in [-0.05, 0) is 39.0 Å². The number of Topliss-reactive ketones (excluding diaryl/α,β-unsaturated/α-hetero) is 1. The van der Waals surface area contributed by atoms with Crippen LogP contribution >= 0.6 is 0 Å². The van der Waals surface area contributed by atoms with E-state index in [9.17, 15) is 14.0 Å². The molecule has 0 unspecified atom stereocenters. The minimum absolute atomic E-state index is 0.0697. The molecule has 1 aromatic rings. The van der Waals surface area contributed by atoms with Gasteiger partial charge < -0.3 is 14.5 Å². The number of rotatable bonds is 3. The molecule has 0 aliphatic carbocycles. The summed E-state index contributed by atoms with van der Waals surface area (Å²) in [5.41, 5.74) is 0.819. The van der Waals surface area contributed by atoms with E-state index >= 15 is 0 Å². The van der Waals surface area contributed by atoms with Crippen LogP contribution in [0.15, 0.2) is 18.2 Å². The molecule has 1 amide bonds. The quantitative estimate of drug-likeness (QED) is 0.806. The molecule has 1 atom stereocenters. The molecule has 5 nitrogen and oxygen atoms in total. The average Bonchev–Trinajstić information content (AvgIpc) is 2.47. The van der Waals surface area contributed by atoms with Gasteiger partial charge >= 0.3 is 6.09 Å². The number of hydrogen-bond acceptors (Lipinski definition) is 4. The van der Waals surface area contributed by atoms with Crippen molar-refractivity contribution in [2.24, 2.45) is 0 Å². The normalized spacial score (nSPS) is 18.3. The Morgan fingerprint density at radius 2 is 2.09 bits per heavy atom. The van der Waals surface area contributed by atoms with Crippen molar-refractivity contribution in [3.8, 4) is 0 Å². The Hall–Kier alpha value is -2.11. The zero-order chi connectivity index (χ0) is 16.3. The van der Waals surface area contributed by atoms with Crippen molar-refractivity contribution >= 4 is 17.6 Å². The highest BCUT2D eigenvalue weighted by Gasteiger charge is 2.29. The third-order valence-corrected chi connectivity index (χ3v) is 3.82. The second kappa shape index (κ2) is 6.77. The van der Waals surface area contributed by atoms with Crippen molar-refractivity contribution in [2.45, 2.75) is 26.8 Å². The Morgan fingerprint density at radius 1 is 1.36 bits per heavy atom. The van der Waals surface area contributed by atoms with E-state index in [0.29, 0.717) is 37.5 Å². The zero-order valence-corrected chi connectivity index (χ0v) is 13.1. The molecule has 0 saturated carbocycles. The van der Waals surface area contributed by atoms with E-state index in [2.05, 4.69) is 0 Å². The molecule has 0 radical (unpaired) electrons. The Kier molecular flexibility index (Phi) is 5.00. The van der Waals surface area contributed by atoms with Gasteiger partial charge in [0.05, 0.1) is 12.3 Å². The van der Waals surface area contributed by atoms with Crippen LogP contribution in [0.3, 0.4) is 0 Å². The number of piperazine rings is 1. The van der Waals surface area contributed by atoms with Crippen molar-refractivity contribution < 1.29 is 18.7 Å². The zero-order valence-electron chi connectivity index (χ0n) is 13.1. The van der Waals surface area contributed by atoms with Gasteiger partial charge in [-0.3, -0.25) is 4.79 Å². The monoisotopic (exact) mass is 308 g/mol. The lowest BCUT2D eigenvalue weighted by Crippen LogP contribution is -2.54. The Morgan fingerprint density at radius 3 is 2.64 bits per heavy atom. The molecule has 22 heavy (non-hydrogen) atoms.